The Hall–Kier alpha value is -1.00. The third-order valence-electron chi connectivity index (χ3n) is 2.31. The second kappa shape index (κ2) is 7.35. The molecular formula is C13H18BrNO2. The largest absolute Gasteiger partial charge is 0.493 e. The van der Waals surface area contributed by atoms with E-state index in [0.717, 1.165) is 34.6 Å². The zero-order valence-corrected chi connectivity index (χ0v) is 12.0. The molecule has 0 spiro atoms. The lowest BCUT2D eigenvalue weighted by molar-refractivity contribution is 0.354. The molecule has 94 valence electrons. The minimum absolute atomic E-state index is 0.725. The van der Waals surface area contributed by atoms with Gasteiger partial charge in [0.15, 0.2) is 11.5 Å². The molecule has 1 aromatic carbocycles. The molecule has 0 aliphatic heterocycles. The molecule has 0 bridgehead atoms. The van der Waals surface area contributed by atoms with Crippen molar-refractivity contribution < 1.29 is 9.47 Å². The summed E-state index contributed by atoms with van der Waals surface area (Å²) in [6.45, 7) is 3.91. The average Bonchev–Trinajstić information content (AvgIpc) is 2.35. The average molecular weight is 300 g/mol. The quantitative estimate of drug-likeness (QED) is 0.819. The van der Waals surface area contributed by atoms with Crippen molar-refractivity contribution in [3.05, 3.63) is 28.2 Å². The van der Waals surface area contributed by atoms with Crippen LogP contribution in [0.5, 0.6) is 11.5 Å². The smallest absolute Gasteiger partial charge is 0.161 e. The first kappa shape index (κ1) is 14.1. The van der Waals surface area contributed by atoms with E-state index < -0.39 is 0 Å². The number of likely N-dealkylation sites (N-methyl/N-ethyl adjacent to an activating group) is 1. The normalized spacial score (nSPS) is 10.8. The van der Waals surface area contributed by atoms with Crippen LogP contribution in [-0.2, 0) is 0 Å². The van der Waals surface area contributed by atoms with Gasteiger partial charge in [0.2, 0.25) is 0 Å². The molecule has 17 heavy (non-hydrogen) atoms. The summed E-state index contributed by atoms with van der Waals surface area (Å²) in [6, 6.07) is 3.86. The molecule has 0 radical (unpaired) electrons. The fourth-order valence-corrected chi connectivity index (χ4v) is 1.87. The fraction of sp³-hybridized carbons (Fsp3) is 0.385. The highest BCUT2D eigenvalue weighted by Gasteiger charge is 2.07. The predicted octanol–water partition coefficient (Wildman–Crippen LogP) is 3.09. The Morgan fingerprint density at radius 2 is 1.88 bits per heavy atom. The maximum Gasteiger partial charge on any atom is 0.161 e. The summed E-state index contributed by atoms with van der Waals surface area (Å²) >= 11 is 3.51. The summed E-state index contributed by atoms with van der Waals surface area (Å²) in [5, 5.41) is 3.23. The van der Waals surface area contributed by atoms with Gasteiger partial charge in [-0.05, 0) is 24.2 Å². The summed E-state index contributed by atoms with van der Waals surface area (Å²) in [6.07, 6.45) is 4.13. The molecule has 0 amide bonds. The van der Waals surface area contributed by atoms with E-state index in [9.17, 15) is 0 Å². The molecule has 0 saturated heterocycles. The first-order chi connectivity index (χ1) is 8.22. The first-order valence-corrected chi connectivity index (χ1v) is 6.31. The van der Waals surface area contributed by atoms with Gasteiger partial charge < -0.3 is 14.8 Å². The third kappa shape index (κ3) is 4.06. The Kier molecular flexibility index (Phi) is 6.08. The van der Waals surface area contributed by atoms with E-state index in [0.29, 0.717) is 0 Å². The van der Waals surface area contributed by atoms with E-state index in [2.05, 4.69) is 40.3 Å². The lowest BCUT2D eigenvalue weighted by atomic mass is 10.2. The van der Waals surface area contributed by atoms with Crippen LogP contribution in [0.3, 0.4) is 0 Å². The van der Waals surface area contributed by atoms with Gasteiger partial charge in [0, 0.05) is 11.0 Å². The Morgan fingerprint density at radius 1 is 1.24 bits per heavy atom. The van der Waals surface area contributed by atoms with Crippen molar-refractivity contribution in [3.63, 3.8) is 0 Å². The maximum atomic E-state index is 5.26. The van der Waals surface area contributed by atoms with Crippen LogP contribution in [0.15, 0.2) is 22.7 Å². The van der Waals surface area contributed by atoms with Gasteiger partial charge in [-0.2, -0.15) is 0 Å². The Balaban J connectivity index is 2.88. The van der Waals surface area contributed by atoms with Crippen LogP contribution < -0.4 is 14.8 Å². The topological polar surface area (TPSA) is 30.5 Å². The van der Waals surface area contributed by atoms with E-state index in [4.69, 9.17) is 9.47 Å². The summed E-state index contributed by atoms with van der Waals surface area (Å²) < 4.78 is 11.5. The molecule has 4 heteroatoms. The van der Waals surface area contributed by atoms with Crippen LogP contribution in [-0.4, -0.2) is 27.3 Å². The van der Waals surface area contributed by atoms with Gasteiger partial charge in [-0.1, -0.05) is 35.0 Å². The molecule has 0 fully saturated rings. The van der Waals surface area contributed by atoms with E-state index >= 15 is 0 Å². The van der Waals surface area contributed by atoms with Crippen LogP contribution in [0.4, 0.5) is 0 Å². The zero-order chi connectivity index (χ0) is 12.7. The monoisotopic (exact) mass is 299 g/mol. The molecule has 3 nitrogen and oxygen atoms in total. The van der Waals surface area contributed by atoms with Crippen LogP contribution in [0.2, 0.25) is 0 Å². The zero-order valence-electron chi connectivity index (χ0n) is 10.4. The Morgan fingerprint density at radius 3 is 2.47 bits per heavy atom. The highest BCUT2D eigenvalue weighted by atomic mass is 79.9. The standard InChI is InChI=1S/C13H18BrNO2/c1-4-15-7-5-6-10-8-12(16-2)13(17-3)9-11(10)14/h5-6,8-9,15H,4,7H2,1-3H3. The number of ether oxygens (including phenoxy) is 2. The lowest BCUT2D eigenvalue weighted by Crippen LogP contribution is -2.11. The molecule has 0 aliphatic rings. The van der Waals surface area contributed by atoms with Gasteiger partial charge in [0.05, 0.1) is 14.2 Å². The molecule has 1 aromatic rings. The molecule has 0 unspecified atom stereocenters. The van der Waals surface area contributed by atoms with Gasteiger partial charge in [-0.15, -0.1) is 0 Å². The van der Waals surface area contributed by atoms with Crippen molar-refractivity contribution in [2.75, 3.05) is 27.3 Å². The summed E-state index contributed by atoms with van der Waals surface area (Å²) in [7, 11) is 3.27. The van der Waals surface area contributed by atoms with Crippen molar-refractivity contribution in [1.29, 1.82) is 0 Å². The van der Waals surface area contributed by atoms with E-state index in [-0.39, 0.29) is 0 Å². The molecule has 0 aromatic heterocycles. The van der Waals surface area contributed by atoms with Crippen LogP contribution in [0.25, 0.3) is 6.08 Å². The summed E-state index contributed by atoms with van der Waals surface area (Å²) in [5.41, 5.74) is 1.07. The van der Waals surface area contributed by atoms with Crippen LogP contribution in [0, 0.1) is 0 Å². The van der Waals surface area contributed by atoms with E-state index in [1.165, 1.54) is 0 Å². The lowest BCUT2D eigenvalue weighted by Gasteiger charge is -2.09. The minimum Gasteiger partial charge on any atom is -0.493 e. The first-order valence-electron chi connectivity index (χ1n) is 5.51. The van der Waals surface area contributed by atoms with Crippen molar-refractivity contribution in [3.8, 4) is 11.5 Å². The summed E-state index contributed by atoms with van der Waals surface area (Å²) in [5.74, 6) is 1.46. The number of hydrogen-bond acceptors (Lipinski definition) is 3. The van der Waals surface area contributed by atoms with Gasteiger partial charge in [0.1, 0.15) is 0 Å². The number of hydrogen-bond donors (Lipinski definition) is 1. The van der Waals surface area contributed by atoms with Crippen molar-refractivity contribution in [2.24, 2.45) is 0 Å². The fourth-order valence-electron chi connectivity index (χ4n) is 1.41. The molecular weight excluding hydrogens is 282 g/mol. The van der Waals surface area contributed by atoms with Gasteiger partial charge >= 0.3 is 0 Å². The van der Waals surface area contributed by atoms with E-state index in [1.807, 2.05) is 12.1 Å². The van der Waals surface area contributed by atoms with Crippen molar-refractivity contribution in [1.82, 2.24) is 5.32 Å². The third-order valence-corrected chi connectivity index (χ3v) is 3.00. The molecule has 1 rings (SSSR count). The molecule has 0 saturated carbocycles. The summed E-state index contributed by atoms with van der Waals surface area (Å²) in [4.78, 5) is 0. The Labute approximate surface area is 111 Å². The number of methoxy groups -OCH3 is 2. The predicted molar refractivity (Wildman–Crippen MR) is 74.8 cm³/mol. The molecule has 0 heterocycles. The highest BCUT2D eigenvalue weighted by molar-refractivity contribution is 9.10. The number of benzene rings is 1. The van der Waals surface area contributed by atoms with Gasteiger partial charge in [-0.25, -0.2) is 0 Å². The van der Waals surface area contributed by atoms with Gasteiger partial charge in [-0.3, -0.25) is 0 Å². The number of rotatable bonds is 6. The molecule has 1 N–H and O–H groups in total. The molecule has 0 atom stereocenters. The number of nitrogens with one attached hydrogen (secondary N) is 1. The minimum atomic E-state index is 0.725. The second-order valence-electron chi connectivity index (χ2n) is 3.44. The number of halogens is 1. The van der Waals surface area contributed by atoms with Crippen LogP contribution >= 0.6 is 15.9 Å². The van der Waals surface area contributed by atoms with Crippen molar-refractivity contribution >= 4 is 22.0 Å². The second-order valence-corrected chi connectivity index (χ2v) is 4.29. The Bertz CT molecular complexity index is 391. The highest BCUT2D eigenvalue weighted by Crippen LogP contribution is 2.33. The van der Waals surface area contributed by atoms with E-state index in [1.54, 1.807) is 14.2 Å². The SMILES string of the molecule is CCNCC=Cc1cc(OC)c(OC)cc1Br. The van der Waals surface area contributed by atoms with Crippen molar-refractivity contribution in [2.45, 2.75) is 6.92 Å². The van der Waals surface area contributed by atoms with Gasteiger partial charge in [0.25, 0.3) is 0 Å². The van der Waals surface area contributed by atoms with Crippen LogP contribution in [0.1, 0.15) is 12.5 Å². The maximum absolute atomic E-state index is 5.26. The molecule has 0 aliphatic carbocycles.